The van der Waals surface area contributed by atoms with E-state index >= 15 is 0 Å². The van der Waals surface area contributed by atoms with Crippen molar-refractivity contribution in [2.24, 2.45) is 11.8 Å². The van der Waals surface area contributed by atoms with E-state index in [0.29, 0.717) is 13.0 Å². The Morgan fingerprint density at radius 2 is 2.14 bits per heavy atom. The molecule has 5 nitrogen and oxygen atoms in total. The van der Waals surface area contributed by atoms with Crippen LogP contribution in [-0.2, 0) is 9.53 Å². The molecule has 0 bridgehead atoms. The van der Waals surface area contributed by atoms with E-state index in [9.17, 15) is 9.59 Å². The van der Waals surface area contributed by atoms with Gasteiger partial charge >= 0.3 is 12.1 Å². The maximum Gasteiger partial charge on any atom is 0.407 e. The van der Waals surface area contributed by atoms with Crippen LogP contribution in [0.4, 0.5) is 4.79 Å². The maximum atomic E-state index is 11.3. The molecule has 5 heteroatoms. The standard InChI is InChI=1S/C9H15NO4/c1-6-3-4-10(9(12)13)5-7(6)8(11)14-2/h6-7H,3-5H2,1-2H3,(H,12,13). The molecule has 0 radical (unpaired) electrons. The topological polar surface area (TPSA) is 66.8 Å². The third-order valence-corrected chi connectivity index (χ3v) is 2.73. The van der Waals surface area contributed by atoms with E-state index in [0.717, 1.165) is 0 Å². The number of carboxylic acid groups (broad SMARTS) is 1. The van der Waals surface area contributed by atoms with Crippen LogP contribution in [0.5, 0.6) is 0 Å². The second-order valence-electron chi connectivity index (χ2n) is 3.62. The van der Waals surface area contributed by atoms with Crippen molar-refractivity contribution in [2.75, 3.05) is 20.2 Å². The summed E-state index contributed by atoms with van der Waals surface area (Å²) in [5, 5.41) is 8.77. The van der Waals surface area contributed by atoms with Crippen LogP contribution in [0.25, 0.3) is 0 Å². The van der Waals surface area contributed by atoms with Crippen molar-refractivity contribution in [3.8, 4) is 0 Å². The first-order valence-electron chi connectivity index (χ1n) is 4.62. The van der Waals surface area contributed by atoms with Crippen LogP contribution in [0.3, 0.4) is 0 Å². The van der Waals surface area contributed by atoms with Crippen molar-refractivity contribution >= 4 is 12.1 Å². The van der Waals surface area contributed by atoms with E-state index in [1.165, 1.54) is 12.0 Å². The molecule has 1 rings (SSSR count). The fourth-order valence-corrected chi connectivity index (χ4v) is 1.70. The zero-order valence-corrected chi connectivity index (χ0v) is 8.40. The van der Waals surface area contributed by atoms with Gasteiger partial charge in [0.2, 0.25) is 0 Å². The summed E-state index contributed by atoms with van der Waals surface area (Å²) in [4.78, 5) is 23.3. The van der Waals surface area contributed by atoms with Gasteiger partial charge in [-0.25, -0.2) is 4.79 Å². The number of rotatable bonds is 1. The first-order chi connectivity index (χ1) is 6.56. The minimum absolute atomic E-state index is 0.193. The minimum atomic E-state index is -0.967. The molecule has 0 aromatic heterocycles. The Kier molecular flexibility index (Phi) is 3.33. The van der Waals surface area contributed by atoms with E-state index in [1.54, 1.807) is 0 Å². The molecule has 1 fully saturated rings. The molecule has 1 aliphatic rings. The molecule has 2 unspecified atom stereocenters. The van der Waals surface area contributed by atoms with Crippen molar-refractivity contribution in [3.63, 3.8) is 0 Å². The number of methoxy groups -OCH3 is 1. The molecule has 1 amide bonds. The second kappa shape index (κ2) is 4.30. The van der Waals surface area contributed by atoms with Crippen LogP contribution in [0, 0.1) is 11.8 Å². The molecule has 0 aromatic carbocycles. The summed E-state index contributed by atoms with van der Waals surface area (Å²) in [6.45, 7) is 2.70. The van der Waals surface area contributed by atoms with Crippen molar-refractivity contribution in [2.45, 2.75) is 13.3 Å². The number of carbonyl (C=O) groups is 2. The van der Waals surface area contributed by atoms with Gasteiger partial charge in [0.15, 0.2) is 0 Å². The second-order valence-corrected chi connectivity index (χ2v) is 3.62. The Labute approximate surface area is 82.6 Å². The number of hydrogen-bond acceptors (Lipinski definition) is 3. The van der Waals surface area contributed by atoms with Gasteiger partial charge in [0.25, 0.3) is 0 Å². The Balaban J connectivity index is 2.64. The lowest BCUT2D eigenvalue weighted by molar-refractivity contribution is -0.149. The Bertz CT molecular complexity index is 241. The van der Waals surface area contributed by atoms with Gasteiger partial charge in [0, 0.05) is 13.1 Å². The summed E-state index contributed by atoms with van der Waals surface area (Å²) in [6.07, 6.45) is -0.252. The molecule has 1 heterocycles. The fraction of sp³-hybridized carbons (Fsp3) is 0.778. The molecule has 1 aliphatic heterocycles. The van der Waals surface area contributed by atoms with E-state index in [-0.39, 0.29) is 24.3 Å². The first-order valence-corrected chi connectivity index (χ1v) is 4.62. The summed E-state index contributed by atoms with van der Waals surface area (Å²) < 4.78 is 4.63. The van der Waals surface area contributed by atoms with Gasteiger partial charge in [-0.15, -0.1) is 0 Å². The summed E-state index contributed by atoms with van der Waals surface area (Å²) in [7, 11) is 1.33. The molecular formula is C9H15NO4. The van der Waals surface area contributed by atoms with Gasteiger partial charge in [-0.1, -0.05) is 6.92 Å². The molecule has 0 aromatic rings. The highest BCUT2D eigenvalue weighted by molar-refractivity contribution is 5.74. The molecule has 1 N–H and O–H groups in total. The lowest BCUT2D eigenvalue weighted by Gasteiger charge is -2.33. The quantitative estimate of drug-likeness (QED) is 0.637. The Morgan fingerprint density at radius 1 is 1.50 bits per heavy atom. The van der Waals surface area contributed by atoms with Gasteiger partial charge in [-0.2, -0.15) is 0 Å². The normalized spacial score (nSPS) is 27.1. The number of hydrogen-bond donors (Lipinski definition) is 1. The molecule has 0 aliphatic carbocycles. The Morgan fingerprint density at radius 3 is 2.64 bits per heavy atom. The fourth-order valence-electron chi connectivity index (χ4n) is 1.70. The van der Waals surface area contributed by atoms with Gasteiger partial charge < -0.3 is 14.7 Å². The first kappa shape index (κ1) is 10.8. The van der Waals surface area contributed by atoms with Crippen LogP contribution in [0.15, 0.2) is 0 Å². The van der Waals surface area contributed by atoms with E-state index < -0.39 is 6.09 Å². The highest BCUT2D eigenvalue weighted by atomic mass is 16.5. The molecule has 2 atom stereocenters. The lowest BCUT2D eigenvalue weighted by Crippen LogP contribution is -2.45. The smallest absolute Gasteiger partial charge is 0.407 e. The number of ether oxygens (including phenoxy) is 1. The molecule has 1 saturated heterocycles. The van der Waals surface area contributed by atoms with Gasteiger partial charge in [-0.05, 0) is 12.3 Å². The number of amides is 1. The molecule has 80 valence electrons. The third-order valence-electron chi connectivity index (χ3n) is 2.73. The summed E-state index contributed by atoms with van der Waals surface area (Å²) in [5.74, 6) is -0.439. The largest absolute Gasteiger partial charge is 0.469 e. The monoisotopic (exact) mass is 201 g/mol. The van der Waals surface area contributed by atoms with E-state index in [2.05, 4.69) is 4.74 Å². The summed E-state index contributed by atoms with van der Waals surface area (Å²) in [6, 6.07) is 0. The van der Waals surface area contributed by atoms with Crippen molar-refractivity contribution in [3.05, 3.63) is 0 Å². The molecule has 0 saturated carbocycles. The van der Waals surface area contributed by atoms with Gasteiger partial charge in [0.05, 0.1) is 13.0 Å². The number of piperidine rings is 1. The highest BCUT2D eigenvalue weighted by Crippen LogP contribution is 2.24. The number of esters is 1. The van der Waals surface area contributed by atoms with Crippen LogP contribution in [-0.4, -0.2) is 42.3 Å². The van der Waals surface area contributed by atoms with Gasteiger partial charge in [-0.3, -0.25) is 4.79 Å². The average molecular weight is 201 g/mol. The SMILES string of the molecule is COC(=O)C1CN(C(=O)O)CCC1C. The highest BCUT2D eigenvalue weighted by Gasteiger charge is 2.34. The van der Waals surface area contributed by atoms with Gasteiger partial charge in [0.1, 0.15) is 0 Å². The zero-order valence-electron chi connectivity index (χ0n) is 8.40. The minimum Gasteiger partial charge on any atom is -0.469 e. The van der Waals surface area contributed by atoms with Crippen LogP contribution in [0.1, 0.15) is 13.3 Å². The van der Waals surface area contributed by atoms with Crippen LogP contribution in [0.2, 0.25) is 0 Å². The average Bonchev–Trinajstić information content (AvgIpc) is 2.17. The lowest BCUT2D eigenvalue weighted by atomic mass is 9.87. The van der Waals surface area contributed by atoms with Crippen molar-refractivity contribution in [1.29, 1.82) is 0 Å². The predicted octanol–water partition coefficient (Wildman–Crippen LogP) is 0.795. The van der Waals surface area contributed by atoms with Crippen molar-refractivity contribution in [1.82, 2.24) is 4.90 Å². The van der Waals surface area contributed by atoms with E-state index in [1.807, 2.05) is 6.92 Å². The summed E-state index contributed by atoms with van der Waals surface area (Å²) >= 11 is 0. The predicted molar refractivity (Wildman–Crippen MR) is 48.9 cm³/mol. The zero-order chi connectivity index (χ0) is 10.7. The molecule has 0 spiro atoms. The number of likely N-dealkylation sites (tertiary alicyclic amines) is 1. The number of carbonyl (C=O) groups excluding carboxylic acids is 1. The molecule has 14 heavy (non-hydrogen) atoms. The Hall–Kier alpha value is -1.26. The van der Waals surface area contributed by atoms with Crippen LogP contribution < -0.4 is 0 Å². The molecular weight excluding hydrogens is 186 g/mol. The summed E-state index contributed by atoms with van der Waals surface area (Å²) in [5.41, 5.74) is 0. The van der Waals surface area contributed by atoms with Crippen LogP contribution >= 0.6 is 0 Å². The maximum absolute atomic E-state index is 11.3. The third kappa shape index (κ3) is 2.16. The van der Waals surface area contributed by atoms with E-state index in [4.69, 9.17) is 5.11 Å². The number of nitrogens with zero attached hydrogens (tertiary/aromatic N) is 1. The van der Waals surface area contributed by atoms with Crippen molar-refractivity contribution < 1.29 is 19.4 Å².